The lowest BCUT2D eigenvalue weighted by atomic mass is 9.67. The van der Waals surface area contributed by atoms with Crippen LogP contribution in [0.5, 0.6) is 0 Å². The van der Waals surface area contributed by atoms with Crippen molar-refractivity contribution < 1.29 is 0 Å². The molecule has 0 spiro atoms. The van der Waals surface area contributed by atoms with Gasteiger partial charge >= 0.3 is 0 Å². The molecule has 0 saturated heterocycles. The van der Waals surface area contributed by atoms with Crippen molar-refractivity contribution >= 4 is 48.6 Å². The number of hydrogen-bond acceptors (Lipinski definition) is 2. The van der Waals surface area contributed by atoms with E-state index in [0.717, 1.165) is 17.1 Å². The molecule has 0 N–H and O–H groups in total. The minimum atomic E-state index is -0.450. The summed E-state index contributed by atoms with van der Waals surface area (Å²) in [5.41, 5.74) is 18.0. The van der Waals surface area contributed by atoms with E-state index < -0.39 is 5.41 Å². The second kappa shape index (κ2) is 15.3. The van der Waals surface area contributed by atoms with Gasteiger partial charge in [-0.15, -0.1) is 11.3 Å². The van der Waals surface area contributed by atoms with Crippen molar-refractivity contribution in [3.05, 3.63) is 271 Å². The summed E-state index contributed by atoms with van der Waals surface area (Å²) in [5, 5.41) is 2.60. The quantitative estimate of drug-likeness (QED) is 0.148. The van der Waals surface area contributed by atoms with Crippen molar-refractivity contribution in [1.29, 1.82) is 0 Å². The molecule has 10 aromatic carbocycles. The molecule has 1 heterocycles. The highest BCUT2D eigenvalue weighted by Gasteiger charge is 2.46. The Labute approximate surface area is 372 Å². The van der Waals surface area contributed by atoms with Gasteiger partial charge in [0, 0.05) is 37.2 Å². The Morgan fingerprint density at radius 2 is 0.825 bits per heavy atom. The van der Waals surface area contributed by atoms with E-state index in [-0.39, 0.29) is 0 Å². The average molecular weight is 820 g/mol. The van der Waals surface area contributed by atoms with Gasteiger partial charge in [-0.2, -0.15) is 0 Å². The minimum absolute atomic E-state index is 0.450. The molecule has 0 unspecified atom stereocenters. The Morgan fingerprint density at radius 3 is 1.56 bits per heavy atom. The average Bonchev–Trinajstić information content (AvgIpc) is 3.89. The molecule has 0 radical (unpaired) electrons. The fraction of sp³-hybridized carbons (Fsp3) is 0.0164. The van der Waals surface area contributed by atoms with Crippen LogP contribution in [0.2, 0.25) is 0 Å². The summed E-state index contributed by atoms with van der Waals surface area (Å²) in [6, 6.07) is 91.4. The van der Waals surface area contributed by atoms with Crippen molar-refractivity contribution in [2.45, 2.75) is 5.41 Å². The highest BCUT2D eigenvalue weighted by Crippen LogP contribution is 2.57. The topological polar surface area (TPSA) is 3.24 Å². The SMILES string of the molecule is c1ccc(-c2ccc(N(c3ccccc3)c3cccc(-c4cccc(-c5cccc6sc7ccc(C8(c9ccccc9)c9ccccc9-c9ccccc98)cc7c56)c4)c3)cc2)cc1. The molecule has 1 aliphatic rings. The van der Waals surface area contributed by atoms with Crippen LogP contribution in [0.25, 0.3) is 64.7 Å². The second-order valence-electron chi connectivity index (χ2n) is 16.4. The van der Waals surface area contributed by atoms with Crippen LogP contribution in [0, 0.1) is 0 Å². The molecular formula is C61H41NS. The molecule has 1 aliphatic carbocycles. The predicted octanol–water partition coefficient (Wildman–Crippen LogP) is 16.9. The lowest BCUT2D eigenvalue weighted by molar-refractivity contribution is 0.770. The Balaban J connectivity index is 0.976. The Bertz CT molecular complexity index is 3400. The fourth-order valence-corrected chi connectivity index (χ4v) is 11.3. The maximum atomic E-state index is 2.50. The zero-order chi connectivity index (χ0) is 41.7. The number of fused-ring (bicyclic) bond motifs is 6. The van der Waals surface area contributed by atoms with Gasteiger partial charge in [-0.25, -0.2) is 0 Å². The molecule has 1 nitrogen and oxygen atoms in total. The van der Waals surface area contributed by atoms with Gasteiger partial charge in [0.15, 0.2) is 0 Å². The van der Waals surface area contributed by atoms with Crippen LogP contribution in [-0.2, 0) is 5.41 Å². The standard InChI is InChI=1S/C61H41NS/c1-4-17-42(18-5-1)43-33-36-50(37-34-43)62(49-24-8-3-9-25-49)51-26-15-20-45(40-51)44-19-14-21-46(39-44)52-29-16-32-59-60(52)55-41-48(35-38-58(55)63-59)61(47-22-6-2-7-23-47)56-30-12-10-27-53(56)54-28-11-13-31-57(54)61/h1-41H. The molecule has 0 fully saturated rings. The van der Waals surface area contributed by atoms with Crippen LogP contribution < -0.4 is 4.90 Å². The van der Waals surface area contributed by atoms with Gasteiger partial charge in [-0.3, -0.25) is 0 Å². The van der Waals surface area contributed by atoms with Crippen molar-refractivity contribution in [3.8, 4) is 44.5 Å². The number of benzene rings is 10. The molecule has 2 heteroatoms. The van der Waals surface area contributed by atoms with Crippen LogP contribution in [0.1, 0.15) is 22.3 Å². The first kappa shape index (κ1) is 37.0. The molecule has 0 saturated carbocycles. The van der Waals surface area contributed by atoms with Crippen LogP contribution in [0.4, 0.5) is 17.1 Å². The normalized spacial score (nSPS) is 12.6. The first-order valence-corrected chi connectivity index (χ1v) is 22.5. The van der Waals surface area contributed by atoms with Gasteiger partial charge in [0.2, 0.25) is 0 Å². The molecule has 12 rings (SSSR count). The Hall–Kier alpha value is -7.78. The molecular weight excluding hydrogens is 779 g/mol. The summed E-state index contributed by atoms with van der Waals surface area (Å²) >= 11 is 1.88. The van der Waals surface area contributed by atoms with Crippen LogP contribution >= 0.6 is 11.3 Å². The molecule has 0 bridgehead atoms. The Kier molecular flexibility index (Phi) is 8.98. The number of nitrogens with zero attached hydrogens (tertiary/aromatic N) is 1. The van der Waals surface area contributed by atoms with E-state index in [9.17, 15) is 0 Å². The first-order valence-electron chi connectivity index (χ1n) is 21.7. The number of para-hydroxylation sites is 1. The van der Waals surface area contributed by atoms with Gasteiger partial charge in [-0.1, -0.05) is 188 Å². The second-order valence-corrected chi connectivity index (χ2v) is 17.5. The van der Waals surface area contributed by atoms with Crippen LogP contribution in [0.3, 0.4) is 0 Å². The molecule has 63 heavy (non-hydrogen) atoms. The lowest BCUT2D eigenvalue weighted by Gasteiger charge is -2.34. The molecule has 296 valence electrons. The van der Waals surface area contributed by atoms with Gasteiger partial charge in [0.25, 0.3) is 0 Å². The molecule has 1 aromatic heterocycles. The van der Waals surface area contributed by atoms with Gasteiger partial charge < -0.3 is 4.90 Å². The predicted molar refractivity (Wildman–Crippen MR) is 268 cm³/mol. The van der Waals surface area contributed by atoms with Gasteiger partial charge in [0.05, 0.1) is 5.41 Å². The monoisotopic (exact) mass is 819 g/mol. The number of thiophene rings is 1. The third-order valence-electron chi connectivity index (χ3n) is 12.9. The first-order chi connectivity index (χ1) is 31.2. The summed E-state index contributed by atoms with van der Waals surface area (Å²) in [6.45, 7) is 0. The van der Waals surface area contributed by atoms with E-state index in [1.807, 2.05) is 11.3 Å². The molecule has 0 amide bonds. The Morgan fingerprint density at radius 1 is 0.302 bits per heavy atom. The van der Waals surface area contributed by atoms with E-state index in [2.05, 4.69) is 254 Å². The van der Waals surface area contributed by atoms with Crippen LogP contribution in [-0.4, -0.2) is 0 Å². The zero-order valence-electron chi connectivity index (χ0n) is 34.5. The van der Waals surface area contributed by atoms with Gasteiger partial charge in [-0.05, 0) is 127 Å². The third-order valence-corrected chi connectivity index (χ3v) is 14.1. The van der Waals surface area contributed by atoms with E-state index in [1.165, 1.54) is 86.9 Å². The lowest BCUT2D eigenvalue weighted by Crippen LogP contribution is -2.28. The van der Waals surface area contributed by atoms with E-state index in [4.69, 9.17) is 0 Å². The zero-order valence-corrected chi connectivity index (χ0v) is 35.3. The summed E-state index contributed by atoms with van der Waals surface area (Å²) in [4.78, 5) is 2.35. The highest BCUT2D eigenvalue weighted by molar-refractivity contribution is 7.26. The van der Waals surface area contributed by atoms with Crippen LogP contribution in [0.15, 0.2) is 249 Å². The summed E-state index contributed by atoms with van der Waals surface area (Å²) < 4.78 is 2.59. The van der Waals surface area contributed by atoms with Crippen molar-refractivity contribution in [1.82, 2.24) is 0 Å². The molecule has 11 aromatic rings. The maximum Gasteiger partial charge on any atom is 0.0713 e. The number of rotatable bonds is 8. The van der Waals surface area contributed by atoms with Crippen molar-refractivity contribution in [2.24, 2.45) is 0 Å². The molecule has 0 atom stereocenters. The maximum absolute atomic E-state index is 2.50. The van der Waals surface area contributed by atoms with E-state index in [0.29, 0.717) is 0 Å². The molecule has 0 aliphatic heterocycles. The van der Waals surface area contributed by atoms with E-state index >= 15 is 0 Å². The van der Waals surface area contributed by atoms with E-state index in [1.54, 1.807) is 0 Å². The highest BCUT2D eigenvalue weighted by atomic mass is 32.1. The minimum Gasteiger partial charge on any atom is -0.310 e. The number of hydrogen-bond donors (Lipinski definition) is 0. The largest absolute Gasteiger partial charge is 0.310 e. The van der Waals surface area contributed by atoms with Crippen molar-refractivity contribution in [3.63, 3.8) is 0 Å². The summed E-state index contributed by atoms with van der Waals surface area (Å²) in [5.74, 6) is 0. The van der Waals surface area contributed by atoms with Crippen molar-refractivity contribution in [2.75, 3.05) is 4.90 Å². The van der Waals surface area contributed by atoms with Gasteiger partial charge in [0.1, 0.15) is 0 Å². The summed E-state index contributed by atoms with van der Waals surface area (Å²) in [6.07, 6.45) is 0. The smallest absolute Gasteiger partial charge is 0.0713 e. The third kappa shape index (κ3) is 6.14. The number of anilines is 3. The summed E-state index contributed by atoms with van der Waals surface area (Å²) in [7, 11) is 0. The fourth-order valence-electron chi connectivity index (χ4n) is 10.2.